The summed E-state index contributed by atoms with van der Waals surface area (Å²) >= 11 is 0. The number of nitrogens with one attached hydrogen (secondary N) is 1. The smallest absolute Gasteiger partial charge is 0.0208 e. The van der Waals surface area contributed by atoms with Crippen LogP contribution in [0.15, 0.2) is 54.6 Å². The van der Waals surface area contributed by atoms with Crippen molar-refractivity contribution in [3.8, 4) is 0 Å². The van der Waals surface area contributed by atoms with E-state index in [1.54, 1.807) is 0 Å². The molecule has 1 aliphatic heterocycles. The molecule has 0 saturated heterocycles. The molecular weight excluding hydrogens is 218 g/mol. The van der Waals surface area contributed by atoms with E-state index in [1.165, 1.54) is 23.1 Å². The standard InChI is InChI=1S/C17H19N/c1-2-6-14(7-3-1)12-15-10-11-18-13-16-8-4-5-9-17(15)16/h1-9,15,18H,10-13H2. The van der Waals surface area contributed by atoms with Gasteiger partial charge in [-0.05, 0) is 42.0 Å². The Balaban J connectivity index is 1.88. The topological polar surface area (TPSA) is 12.0 Å². The Morgan fingerprint density at radius 2 is 1.72 bits per heavy atom. The molecule has 1 unspecified atom stereocenters. The van der Waals surface area contributed by atoms with E-state index in [2.05, 4.69) is 59.9 Å². The van der Waals surface area contributed by atoms with E-state index < -0.39 is 0 Å². The minimum absolute atomic E-state index is 0.651. The largest absolute Gasteiger partial charge is 0.313 e. The number of rotatable bonds is 2. The molecule has 18 heavy (non-hydrogen) atoms. The summed E-state index contributed by atoms with van der Waals surface area (Å²) in [6.07, 6.45) is 2.38. The van der Waals surface area contributed by atoms with Gasteiger partial charge in [-0.25, -0.2) is 0 Å². The van der Waals surface area contributed by atoms with Crippen LogP contribution in [0, 0.1) is 0 Å². The van der Waals surface area contributed by atoms with Gasteiger partial charge in [-0.1, -0.05) is 54.6 Å². The van der Waals surface area contributed by atoms with Gasteiger partial charge in [-0.3, -0.25) is 0 Å². The molecule has 0 aromatic heterocycles. The maximum atomic E-state index is 3.52. The monoisotopic (exact) mass is 237 g/mol. The third-order valence-corrected chi connectivity index (χ3v) is 3.80. The van der Waals surface area contributed by atoms with Crippen LogP contribution in [-0.2, 0) is 13.0 Å². The van der Waals surface area contributed by atoms with Crippen molar-refractivity contribution in [2.45, 2.75) is 25.3 Å². The molecule has 2 aromatic rings. The quantitative estimate of drug-likeness (QED) is 0.843. The Hall–Kier alpha value is -1.60. The van der Waals surface area contributed by atoms with Crippen LogP contribution in [-0.4, -0.2) is 6.54 Å². The zero-order valence-corrected chi connectivity index (χ0v) is 10.6. The lowest BCUT2D eigenvalue weighted by Gasteiger charge is -2.17. The van der Waals surface area contributed by atoms with E-state index in [0.717, 1.165) is 19.5 Å². The first-order valence-electron chi connectivity index (χ1n) is 6.76. The van der Waals surface area contributed by atoms with Crippen molar-refractivity contribution in [3.63, 3.8) is 0 Å². The molecule has 1 nitrogen and oxygen atoms in total. The van der Waals surface area contributed by atoms with Crippen molar-refractivity contribution in [1.29, 1.82) is 0 Å². The first kappa shape index (κ1) is 11.5. The summed E-state index contributed by atoms with van der Waals surface area (Å²) < 4.78 is 0. The van der Waals surface area contributed by atoms with Crippen molar-refractivity contribution in [2.24, 2.45) is 0 Å². The van der Waals surface area contributed by atoms with Crippen LogP contribution >= 0.6 is 0 Å². The van der Waals surface area contributed by atoms with Crippen LogP contribution in [0.2, 0.25) is 0 Å². The van der Waals surface area contributed by atoms with Crippen molar-refractivity contribution >= 4 is 0 Å². The van der Waals surface area contributed by atoms with E-state index in [9.17, 15) is 0 Å². The SMILES string of the molecule is c1ccc(CC2CCNCc3ccccc32)cc1. The highest BCUT2D eigenvalue weighted by Gasteiger charge is 2.18. The average molecular weight is 237 g/mol. The van der Waals surface area contributed by atoms with E-state index in [4.69, 9.17) is 0 Å². The predicted molar refractivity (Wildman–Crippen MR) is 75.7 cm³/mol. The molecule has 0 fully saturated rings. The predicted octanol–water partition coefficient (Wildman–Crippen LogP) is 3.51. The van der Waals surface area contributed by atoms with Crippen molar-refractivity contribution in [3.05, 3.63) is 71.3 Å². The lowest BCUT2D eigenvalue weighted by molar-refractivity contribution is 0.595. The summed E-state index contributed by atoms with van der Waals surface area (Å²) in [5.41, 5.74) is 4.45. The number of benzene rings is 2. The second-order valence-corrected chi connectivity index (χ2v) is 5.05. The Bertz CT molecular complexity index is 504. The molecule has 0 amide bonds. The van der Waals surface area contributed by atoms with E-state index in [1.807, 2.05) is 0 Å². The molecule has 0 saturated carbocycles. The van der Waals surface area contributed by atoms with Gasteiger partial charge in [0.15, 0.2) is 0 Å². The molecule has 3 rings (SSSR count). The molecule has 1 aliphatic rings. The highest BCUT2D eigenvalue weighted by Crippen LogP contribution is 2.28. The Labute approximate surface area is 109 Å². The zero-order valence-electron chi connectivity index (χ0n) is 10.6. The van der Waals surface area contributed by atoms with E-state index in [-0.39, 0.29) is 0 Å². The second-order valence-electron chi connectivity index (χ2n) is 5.05. The minimum atomic E-state index is 0.651. The summed E-state index contributed by atoms with van der Waals surface area (Å²) in [5, 5.41) is 3.52. The molecule has 0 radical (unpaired) electrons. The van der Waals surface area contributed by atoms with Gasteiger partial charge in [-0.2, -0.15) is 0 Å². The fraction of sp³-hybridized carbons (Fsp3) is 0.294. The van der Waals surface area contributed by atoms with Gasteiger partial charge >= 0.3 is 0 Å². The number of hydrogen-bond donors (Lipinski definition) is 1. The maximum Gasteiger partial charge on any atom is 0.0208 e. The number of fused-ring (bicyclic) bond motifs is 1. The summed E-state index contributed by atoms with van der Waals surface area (Å²) in [5.74, 6) is 0.651. The van der Waals surface area contributed by atoms with Crippen molar-refractivity contribution < 1.29 is 0 Å². The maximum absolute atomic E-state index is 3.52. The first-order valence-corrected chi connectivity index (χ1v) is 6.76. The zero-order chi connectivity index (χ0) is 12.2. The van der Waals surface area contributed by atoms with Gasteiger partial charge in [0, 0.05) is 6.54 Å². The molecule has 1 heterocycles. The van der Waals surface area contributed by atoms with E-state index in [0.29, 0.717) is 5.92 Å². The summed E-state index contributed by atoms with van der Waals surface area (Å²) in [6.45, 7) is 2.13. The Kier molecular flexibility index (Phi) is 3.42. The third-order valence-electron chi connectivity index (χ3n) is 3.80. The highest BCUT2D eigenvalue weighted by molar-refractivity contribution is 5.33. The third kappa shape index (κ3) is 2.46. The van der Waals surface area contributed by atoms with Crippen LogP contribution in [0.5, 0.6) is 0 Å². The molecule has 1 N–H and O–H groups in total. The molecule has 92 valence electrons. The van der Waals surface area contributed by atoms with Crippen LogP contribution in [0.1, 0.15) is 29.0 Å². The number of hydrogen-bond acceptors (Lipinski definition) is 1. The van der Waals surface area contributed by atoms with Crippen LogP contribution in [0.4, 0.5) is 0 Å². The molecule has 0 aliphatic carbocycles. The fourth-order valence-electron chi connectivity index (χ4n) is 2.86. The molecular formula is C17H19N. The van der Waals surface area contributed by atoms with Crippen LogP contribution < -0.4 is 5.32 Å². The van der Waals surface area contributed by atoms with Gasteiger partial charge in [0.25, 0.3) is 0 Å². The normalized spacial score (nSPS) is 19.0. The lowest BCUT2D eigenvalue weighted by atomic mass is 9.87. The van der Waals surface area contributed by atoms with Gasteiger partial charge < -0.3 is 5.32 Å². The molecule has 0 bridgehead atoms. The van der Waals surface area contributed by atoms with Crippen molar-refractivity contribution in [2.75, 3.05) is 6.54 Å². The fourth-order valence-corrected chi connectivity index (χ4v) is 2.86. The highest BCUT2D eigenvalue weighted by atomic mass is 14.9. The first-order chi connectivity index (χ1) is 8.93. The minimum Gasteiger partial charge on any atom is -0.313 e. The van der Waals surface area contributed by atoms with E-state index >= 15 is 0 Å². The van der Waals surface area contributed by atoms with Crippen LogP contribution in [0.3, 0.4) is 0 Å². The van der Waals surface area contributed by atoms with Gasteiger partial charge in [-0.15, -0.1) is 0 Å². The molecule has 1 atom stereocenters. The Morgan fingerprint density at radius 1 is 0.944 bits per heavy atom. The van der Waals surface area contributed by atoms with Crippen molar-refractivity contribution in [1.82, 2.24) is 5.32 Å². The summed E-state index contributed by atoms with van der Waals surface area (Å²) in [7, 11) is 0. The molecule has 0 spiro atoms. The van der Waals surface area contributed by atoms with Gasteiger partial charge in [0.1, 0.15) is 0 Å². The van der Waals surface area contributed by atoms with Crippen LogP contribution in [0.25, 0.3) is 0 Å². The molecule has 1 heteroatoms. The van der Waals surface area contributed by atoms with Gasteiger partial charge in [0.2, 0.25) is 0 Å². The second kappa shape index (κ2) is 5.36. The Morgan fingerprint density at radius 3 is 2.61 bits per heavy atom. The lowest BCUT2D eigenvalue weighted by Crippen LogP contribution is -2.12. The molecule has 2 aromatic carbocycles. The van der Waals surface area contributed by atoms with Gasteiger partial charge in [0.05, 0.1) is 0 Å². The summed E-state index contributed by atoms with van der Waals surface area (Å²) in [6, 6.07) is 19.7. The summed E-state index contributed by atoms with van der Waals surface area (Å²) in [4.78, 5) is 0. The average Bonchev–Trinajstić information content (AvgIpc) is 2.63.